The molecule has 188 valence electrons. The lowest BCUT2D eigenvalue weighted by Gasteiger charge is -2.43. The van der Waals surface area contributed by atoms with E-state index in [0.29, 0.717) is 33.5 Å². The van der Waals surface area contributed by atoms with Crippen LogP contribution in [0.3, 0.4) is 0 Å². The minimum Gasteiger partial charge on any atom is -0.422 e. The molecule has 4 heterocycles. The van der Waals surface area contributed by atoms with E-state index in [2.05, 4.69) is 5.32 Å². The predicted molar refractivity (Wildman–Crippen MR) is 141 cm³/mol. The number of fused-ring (bicyclic) bond motifs is 6. The van der Waals surface area contributed by atoms with Crippen LogP contribution in [0.2, 0.25) is 0 Å². The molecule has 0 radical (unpaired) electrons. The standard InChI is InChI=1S/C30H23N3O5/c1-32-16-21(25(34)18-15-17-9-3-8-14-24(17)38-26(18)35)29(19-10-4-6-12-22(19)31-27(29)36)30(32)20-11-5-7-13-23(20)33(2)28(30)37/h3-15,21H,16H2,1-2H3,(H,31,36)/t21-,29+,30+/m0/s1. The van der Waals surface area contributed by atoms with Crippen LogP contribution >= 0.6 is 0 Å². The fourth-order valence-electron chi connectivity index (χ4n) is 7.08. The van der Waals surface area contributed by atoms with Gasteiger partial charge in [0.1, 0.15) is 22.1 Å². The zero-order valence-corrected chi connectivity index (χ0v) is 20.7. The summed E-state index contributed by atoms with van der Waals surface area (Å²) in [5, 5.41) is 3.56. The van der Waals surface area contributed by atoms with E-state index in [1.54, 1.807) is 67.5 Å². The van der Waals surface area contributed by atoms with Crippen LogP contribution in [0.25, 0.3) is 11.0 Å². The average molecular weight is 506 g/mol. The van der Waals surface area contributed by atoms with Crippen molar-refractivity contribution in [2.75, 3.05) is 30.9 Å². The first-order chi connectivity index (χ1) is 18.3. The van der Waals surface area contributed by atoms with Gasteiger partial charge in [0.2, 0.25) is 5.91 Å². The normalized spacial score (nSPS) is 25.8. The van der Waals surface area contributed by atoms with Gasteiger partial charge in [0.05, 0.1) is 5.92 Å². The number of likely N-dealkylation sites (N-methyl/N-ethyl adjacent to an activating group) is 2. The minimum absolute atomic E-state index is 0.0841. The third kappa shape index (κ3) is 2.43. The summed E-state index contributed by atoms with van der Waals surface area (Å²) >= 11 is 0. The van der Waals surface area contributed by atoms with Crippen LogP contribution in [-0.2, 0) is 20.5 Å². The lowest BCUT2D eigenvalue weighted by atomic mass is 9.58. The molecule has 1 saturated heterocycles. The van der Waals surface area contributed by atoms with Gasteiger partial charge in [-0.05, 0) is 36.9 Å². The van der Waals surface area contributed by atoms with Gasteiger partial charge < -0.3 is 14.6 Å². The molecule has 3 aromatic carbocycles. The molecule has 0 aliphatic carbocycles. The molecule has 3 atom stereocenters. The van der Waals surface area contributed by atoms with Crippen molar-refractivity contribution in [1.29, 1.82) is 0 Å². The fourth-order valence-corrected chi connectivity index (χ4v) is 7.08. The molecule has 2 amide bonds. The van der Waals surface area contributed by atoms with Gasteiger partial charge in [0, 0.05) is 35.9 Å². The lowest BCUT2D eigenvalue weighted by molar-refractivity contribution is -0.138. The number of hydrogen-bond donors (Lipinski definition) is 1. The molecule has 0 bridgehead atoms. The summed E-state index contributed by atoms with van der Waals surface area (Å²) in [6.07, 6.45) is 0. The SMILES string of the molecule is CN1C(=O)[C@@]2(c3ccccc31)N(C)C[C@@H](C(=O)c1cc3ccccc3oc1=O)[C@]21C(=O)Nc2ccccc21. The van der Waals surface area contributed by atoms with E-state index in [9.17, 15) is 19.2 Å². The Morgan fingerprint density at radius 3 is 2.42 bits per heavy atom. The smallest absolute Gasteiger partial charge is 0.347 e. The molecule has 0 saturated carbocycles. The summed E-state index contributed by atoms with van der Waals surface area (Å²) in [4.78, 5) is 59.6. The van der Waals surface area contributed by atoms with E-state index in [4.69, 9.17) is 4.42 Å². The van der Waals surface area contributed by atoms with Crippen LogP contribution in [0, 0.1) is 5.92 Å². The highest BCUT2D eigenvalue weighted by molar-refractivity contribution is 6.21. The Hall–Kier alpha value is -4.56. The second-order valence-corrected chi connectivity index (χ2v) is 10.2. The summed E-state index contributed by atoms with van der Waals surface area (Å²) in [6, 6.07) is 23.0. The Bertz CT molecular complexity index is 1780. The van der Waals surface area contributed by atoms with E-state index < -0.39 is 34.2 Å². The molecule has 1 aromatic heterocycles. The number of carbonyl (C=O) groups excluding carboxylic acids is 3. The zero-order valence-electron chi connectivity index (χ0n) is 20.7. The first-order valence-electron chi connectivity index (χ1n) is 12.4. The van der Waals surface area contributed by atoms with Crippen molar-refractivity contribution < 1.29 is 18.8 Å². The molecule has 3 aliphatic rings. The summed E-state index contributed by atoms with van der Waals surface area (Å²) in [5.41, 5.74) is -1.20. The average Bonchev–Trinajstić information content (AvgIpc) is 3.47. The Morgan fingerprint density at radius 2 is 1.61 bits per heavy atom. The highest BCUT2D eigenvalue weighted by atomic mass is 16.4. The highest BCUT2D eigenvalue weighted by Crippen LogP contribution is 2.64. The first kappa shape index (κ1) is 22.6. The maximum Gasteiger partial charge on any atom is 0.347 e. The first-order valence-corrected chi connectivity index (χ1v) is 12.4. The highest BCUT2D eigenvalue weighted by Gasteiger charge is 2.78. The monoisotopic (exact) mass is 505 g/mol. The molecular weight excluding hydrogens is 482 g/mol. The van der Waals surface area contributed by atoms with Gasteiger partial charge >= 0.3 is 5.63 Å². The van der Waals surface area contributed by atoms with Crippen molar-refractivity contribution in [2.45, 2.75) is 11.0 Å². The number of amides is 2. The van der Waals surface area contributed by atoms with Gasteiger partial charge in [-0.25, -0.2) is 4.79 Å². The molecule has 1 fully saturated rings. The van der Waals surface area contributed by atoms with Crippen LogP contribution < -0.4 is 15.8 Å². The van der Waals surface area contributed by atoms with Gasteiger partial charge in [-0.15, -0.1) is 0 Å². The number of Topliss-reactive ketones (excluding diaryl/α,β-unsaturated/α-hetero) is 1. The topological polar surface area (TPSA) is 99.9 Å². The van der Waals surface area contributed by atoms with Crippen molar-refractivity contribution >= 4 is 39.9 Å². The minimum atomic E-state index is -1.62. The number of nitrogens with zero attached hydrogens (tertiary/aromatic N) is 2. The van der Waals surface area contributed by atoms with Gasteiger partial charge in [-0.1, -0.05) is 54.6 Å². The van der Waals surface area contributed by atoms with Gasteiger partial charge in [-0.2, -0.15) is 0 Å². The maximum atomic E-state index is 14.4. The molecule has 0 unspecified atom stereocenters. The number of anilines is 2. The Kier molecular flexibility index (Phi) is 4.46. The second-order valence-electron chi connectivity index (χ2n) is 10.2. The summed E-state index contributed by atoms with van der Waals surface area (Å²) in [5.74, 6) is -2.30. The third-order valence-electron chi connectivity index (χ3n) is 8.57. The van der Waals surface area contributed by atoms with Crippen LogP contribution in [0.4, 0.5) is 11.4 Å². The van der Waals surface area contributed by atoms with Crippen LogP contribution in [0.1, 0.15) is 21.5 Å². The fraction of sp³-hybridized carbons (Fsp3) is 0.200. The van der Waals surface area contributed by atoms with Crippen molar-refractivity contribution in [2.24, 2.45) is 5.92 Å². The van der Waals surface area contributed by atoms with Gasteiger partial charge in [0.15, 0.2) is 5.78 Å². The molecule has 7 rings (SSSR count). The van der Waals surface area contributed by atoms with E-state index in [-0.39, 0.29) is 18.0 Å². The van der Waals surface area contributed by atoms with Crippen molar-refractivity contribution in [1.82, 2.24) is 4.90 Å². The van der Waals surface area contributed by atoms with Gasteiger partial charge in [0.25, 0.3) is 5.91 Å². The van der Waals surface area contributed by atoms with Crippen LogP contribution in [-0.4, -0.2) is 43.1 Å². The number of para-hydroxylation sites is 3. The van der Waals surface area contributed by atoms with Crippen LogP contribution in [0.5, 0.6) is 0 Å². The summed E-state index contributed by atoms with van der Waals surface area (Å²) in [7, 11) is 3.45. The van der Waals surface area contributed by atoms with E-state index in [1.165, 1.54) is 6.07 Å². The number of ketones is 1. The molecule has 2 spiro atoms. The van der Waals surface area contributed by atoms with Gasteiger partial charge in [-0.3, -0.25) is 19.3 Å². The number of benzene rings is 3. The third-order valence-corrected chi connectivity index (χ3v) is 8.57. The van der Waals surface area contributed by atoms with Crippen LogP contribution in [0.15, 0.2) is 88.1 Å². The molecule has 4 aromatic rings. The zero-order chi connectivity index (χ0) is 26.4. The Morgan fingerprint density at radius 1 is 0.921 bits per heavy atom. The Labute approximate surface area is 217 Å². The quantitative estimate of drug-likeness (QED) is 0.332. The van der Waals surface area contributed by atoms with Crippen molar-refractivity contribution in [3.05, 3.63) is 106 Å². The van der Waals surface area contributed by atoms with E-state index in [1.807, 2.05) is 29.2 Å². The number of hydrogen-bond acceptors (Lipinski definition) is 6. The van der Waals surface area contributed by atoms with Crippen molar-refractivity contribution in [3.8, 4) is 0 Å². The van der Waals surface area contributed by atoms with E-state index in [0.717, 1.165) is 0 Å². The summed E-state index contributed by atoms with van der Waals surface area (Å²) < 4.78 is 5.49. The van der Waals surface area contributed by atoms with Crippen molar-refractivity contribution in [3.63, 3.8) is 0 Å². The Balaban J connectivity index is 1.55. The lowest BCUT2D eigenvalue weighted by Crippen LogP contribution is -2.62. The number of rotatable bonds is 2. The number of carbonyl (C=O) groups is 3. The summed E-state index contributed by atoms with van der Waals surface area (Å²) in [6.45, 7) is 0.0841. The molecule has 3 aliphatic heterocycles. The second kappa shape index (κ2) is 7.49. The van der Waals surface area contributed by atoms with E-state index >= 15 is 0 Å². The molecule has 8 nitrogen and oxygen atoms in total. The predicted octanol–water partition coefficient (Wildman–Crippen LogP) is 3.30. The number of nitrogens with one attached hydrogen (secondary N) is 1. The molecule has 8 heteroatoms. The number of likely N-dealkylation sites (tertiary alicyclic amines) is 1. The molecule has 1 N–H and O–H groups in total. The molecular formula is C30H23N3O5. The molecule has 38 heavy (non-hydrogen) atoms. The maximum absolute atomic E-state index is 14.4. The largest absolute Gasteiger partial charge is 0.422 e.